The van der Waals surface area contributed by atoms with Crippen LogP contribution in [0.3, 0.4) is 0 Å². The molecule has 6 unspecified atom stereocenters. The number of hydrogen-bond donors (Lipinski definition) is 1. The van der Waals surface area contributed by atoms with Crippen molar-refractivity contribution in [2.75, 3.05) is 20.2 Å². The second-order valence-electron chi connectivity index (χ2n) is 10.8. The first-order valence-corrected chi connectivity index (χ1v) is 14.7. The number of amidine groups is 1. The third-order valence-corrected chi connectivity index (χ3v) is 9.43. The fourth-order valence-corrected chi connectivity index (χ4v) is 6.61. The zero-order valence-corrected chi connectivity index (χ0v) is 24.4. The van der Waals surface area contributed by atoms with Crippen LogP contribution in [0.4, 0.5) is 0 Å². The first-order chi connectivity index (χ1) is 16.7. The number of nitrogens with one attached hydrogen (secondary N) is 1. The van der Waals surface area contributed by atoms with Crippen molar-refractivity contribution in [2.45, 2.75) is 110 Å². The molecule has 1 saturated carbocycles. The average Bonchev–Trinajstić information content (AvgIpc) is 3.31. The van der Waals surface area contributed by atoms with Gasteiger partial charge in [-0.15, -0.1) is 0 Å². The summed E-state index contributed by atoms with van der Waals surface area (Å²) >= 11 is 1.65. The number of rotatable bonds is 14. The minimum Gasteiger partial charge on any atom is -0.366 e. The molecule has 200 valence electrons. The molecule has 1 heterocycles. The fraction of sp³-hybridized carbons (Fsp3) is 0.793. The van der Waals surface area contributed by atoms with Crippen molar-refractivity contribution in [3.63, 3.8) is 0 Å². The minimum atomic E-state index is -0.480. The molecular weight excluding hydrogens is 454 g/mol. The topological polar surface area (TPSA) is 53.9 Å². The number of thioether (sulfide) groups is 1. The normalized spacial score (nSPS) is 30.5. The molecule has 0 bridgehead atoms. The fourth-order valence-electron chi connectivity index (χ4n) is 5.42. The van der Waals surface area contributed by atoms with Crippen molar-refractivity contribution in [2.24, 2.45) is 22.7 Å². The lowest BCUT2D eigenvalue weighted by Crippen LogP contribution is -2.43. The van der Waals surface area contributed by atoms with Gasteiger partial charge < -0.3 is 10.1 Å². The molecule has 2 rings (SSSR count). The van der Waals surface area contributed by atoms with Gasteiger partial charge in [0.05, 0.1) is 6.04 Å². The molecule has 6 heteroatoms. The summed E-state index contributed by atoms with van der Waals surface area (Å²) in [5, 5.41) is 3.96. The molecule has 0 aromatic heterocycles. The molecular formula is C29H51N3O2S. The number of allylic oxidation sites excluding steroid dienone is 3. The number of methoxy groups -OCH3 is 1. The van der Waals surface area contributed by atoms with Gasteiger partial charge in [-0.25, -0.2) is 0 Å². The van der Waals surface area contributed by atoms with Gasteiger partial charge in [-0.2, -0.15) is 0 Å². The van der Waals surface area contributed by atoms with E-state index in [2.05, 4.69) is 76.9 Å². The van der Waals surface area contributed by atoms with E-state index >= 15 is 0 Å². The monoisotopic (exact) mass is 505 g/mol. The Morgan fingerprint density at radius 1 is 1.34 bits per heavy atom. The van der Waals surface area contributed by atoms with E-state index < -0.39 is 4.75 Å². The molecule has 6 atom stereocenters. The molecule has 0 aromatic rings. The van der Waals surface area contributed by atoms with Crippen LogP contribution in [0.2, 0.25) is 0 Å². The van der Waals surface area contributed by atoms with Crippen LogP contribution in [0.25, 0.3) is 0 Å². The Labute approximate surface area is 219 Å². The first kappa shape index (κ1) is 30.1. The summed E-state index contributed by atoms with van der Waals surface area (Å²) in [6.45, 7) is 17.2. The third-order valence-electron chi connectivity index (χ3n) is 8.02. The third kappa shape index (κ3) is 8.46. The van der Waals surface area contributed by atoms with E-state index in [-0.39, 0.29) is 18.1 Å². The first-order valence-electron chi connectivity index (χ1n) is 13.9. The number of amides is 1. The number of aliphatic imine (C=N–C) groups is 1. The molecule has 0 aromatic carbocycles. The van der Waals surface area contributed by atoms with Crippen LogP contribution in [0.15, 0.2) is 28.8 Å². The number of carbonyl (C=O) groups is 1. The highest BCUT2D eigenvalue weighted by Crippen LogP contribution is 2.42. The van der Waals surface area contributed by atoms with Crippen LogP contribution in [-0.4, -0.2) is 53.2 Å². The van der Waals surface area contributed by atoms with Crippen LogP contribution >= 0.6 is 11.8 Å². The molecule has 35 heavy (non-hydrogen) atoms. The van der Waals surface area contributed by atoms with E-state index in [0.29, 0.717) is 12.0 Å². The Balaban J connectivity index is 1.97. The Hall–Kier alpha value is -1.11. The SMILES string of the molecule is CC/C=C\C=C(/C)CC(OC)N(CC)CCC(C)C1(C)SC(=NC2CC(CCC)CC2C)NC1=O. The zero-order valence-electron chi connectivity index (χ0n) is 23.6. The van der Waals surface area contributed by atoms with Gasteiger partial charge in [0.25, 0.3) is 0 Å². The van der Waals surface area contributed by atoms with E-state index in [0.717, 1.165) is 49.9 Å². The van der Waals surface area contributed by atoms with Gasteiger partial charge in [-0.3, -0.25) is 14.7 Å². The van der Waals surface area contributed by atoms with E-state index in [1.807, 2.05) is 0 Å². The Bertz CT molecular complexity index is 765. The maximum absolute atomic E-state index is 13.1. The molecule has 1 amide bonds. The van der Waals surface area contributed by atoms with Gasteiger partial charge in [0.2, 0.25) is 5.91 Å². The highest BCUT2D eigenvalue weighted by atomic mass is 32.2. The maximum Gasteiger partial charge on any atom is 0.242 e. The van der Waals surface area contributed by atoms with Gasteiger partial charge in [-0.1, -0.05) is 83.0 Å². The van der Waals surface area contributed by atoms with Gasteiger partial charge in [0.1, 0.15) is 11.0 Å². The van der Waals surface area contributed by atoms with Crippen molar-refractivity contribution in [1.82, 2.24) is 10.2 Å². The molecule has 2 aliphatic rings. The molecule has 1 saturated heterocycles. The van der Waals surface area contributed by atoms with Gasteiger partial charge in [-0.05, 0) is 63.8 Å². The van der Waals surface area contributed by atoms with Gasteiger partial charge >= 0.3 is 0 Å². The van der Waals surface area contributed by atoms with Crippen molar-refractivity contribution < 1.29 is 9.53 Å². The van der Waals surface area contributed by atoms with Crippen molar-refractivity contribution >= 4 is 22.8 Å². The smallest absolute Gasteiger partial charge is 0.242 e. The number of nitrogens with zero attached hydrogens (tertiary/aromatic N) is 2. The standard InChI is InChI=1S/C29H51N3O2S/c1-9-12-13-15-21(4)18-26(34-8)32(11-3)17-16-23(6)29(7)27(33)31-28(35-29)30-25-20-24(14-10-2)19-22(25)5/h12-13,15,22-26H,9-11,14,16-20H2,1-8H3,(H,30,31,33)/b13-12-,21-15+. The van der Waals surface area contributed by atoms with E-state index in [1.54, 1.807) is 18.9 Å². The summed E-state index contributed by atoms with van der Waals surface area (Å²) in [6, 6.07) is 0.341. The summed E-state index contributed by atoms with van der Waals surface area (Å²) in [6.07, 6.45) is 14.4. The lowest BCUT2D eigenvalue weighted by atomic mass is 9.90. The van der Waals surface area contributed by atoms with Crippen LogP contribution in [0, 0.1) is 17.8 Å². The average molecular weight is 506 g/mol. The summed E-state index contributed by atoms with van der Waals surface area (Å²) in [7, 11) is 1.80. The molecule has 1 aliphatic carbocycles. The summed E-state index contributed by atoms with van der Waals surface area (Å²) in [4.78, 5) is 20.5. The maximum atomic E-state index is 13.1. The minimum absolute atomic E-state index is 0.0494. The van der Waals surface area contributed by atoms with Crippen LogP contribution in [0.1, 0.15) is 93.4 Å². The van der Waals surface area contributed by atoms with Crippen molar-refractivity contribution in [3.05, 3.63) is 23.8 Å². The Morgan fingerprint density at radius 3 is 2.71 bits per heavy atom. The Kier molecular flexibility index (Phi) is 12.5. The van der Waals surface area contributed by atoms with Crippen molar-refractivity contribution in [1.29, 1.82) is 0 Å². The van der Waals surface area contributed by atoms with Gasteiger partial charge in [0.15, 0.2) is 5.17 Å². The summed E-state index contributed by atoms with van der Waals surface area (Å²) in [5.41, 5.74) is 1.31. The van der Waals surface area contributed by atoms with E-state index in [9.17, 15) is 4.79 Å². The lowest BCUT2D eigenvalue weighted by Gasteiger charge is -2.33. The zero-order chi connectivity index (χ0) is 26.0. The molecule has 1 aliphatic heterocycles. The molecule has 1 N–H and O–H groups in total. The highest BCUT2D eigenvalue weighted by Gasteiger charge is 2.47. The summed E-state index contributed by atoms with van der Waals surface area (Å²) < 4.78 is 5.39. The number of hydrogen-bond acceptors (Lipinski definition) is 5. The van der Waals surface area contributed by atoms with E-state index in [1.165, 1.54) is 24.8 Å². The van der Waals surface area contributed by atoms with Gasteiger partial charge in [0, 0.05) is 20.1 Å². The van der Waals surface area contributed by atoms with Crippen LogP contribution in [0.5, 0.6) is 0 Å². The Morgan fingerprint density at radius 2 is 2.09 bits per heavy atom. The van der Waals surface area contributed by atoms with Crippen LogP contribution in [-0.2, 0) is 9.53 Å². The predicted molar refractivity (Wildman–Crippen MR) is 152 cm³/mol. The lowest BCUT2D eigenvalue weighted by molar-refractivity contribution is -0.122. The molecule has 2 fully saturated rings. The molecule has 0 radical (unpaired) electrons. The second kappa shape index (κ2) is 14.6. The van der Waals surface area contributed by atoms with E-state index in [4.69, 9.17) is 9.73 Å². The molecule has 0 spiro atoms. The predicted octanol–water partition coefficient (Wildman–Crippen LogP) is 6.80. The second-order valence-corrected chi connectivity index (χ2v) is 12.3. The largest absolute Gasteiger partial charge is 0.366 e. The molecule has 5 nitrogen and oxygen atoms in total. The van der Waals surface area contributed by atoms with Crippen molar-refractivity contribution in [3.8, 4) is 0 Å². The van der Waals surface area contributed by atoms with Crippen LogP contribution < -0.4 is 5.32 Å². The number of carbonyl (C=O) groups excluding carboxylic acids is 1. The number of ether oxygens (including phenoxy) is 1. The quantitative estimate of drug-likeness (QED) is 0.208. The highest BCUT2D eigenvalue weighted by molar-refractivity contribution is 8.16. The summed E-state index contributed by atoms with van der Waals surface area (Å²) in [5.74, 6) is 1.72.